The number of benzene rings is 1. The van der Waals surface area contributed by atoms with Crippen LogP contribution in [0, 0.1) is 20.8 Å². The largest absolute Gasteiger partial charge is 0.374 e. The molecule has 0 saturated heterocycles. The van der Waals surface area contributed by atoms with Crippen LogP contribution in [-0.2, 0) is 13.1 Å². The molecule has 0 radical (unpaired) electrons. The van der Waals surface area contributed by atoms with Crippen LogP contribution in [0.25, 0.3) is 0 Å². The predicted octanol–water partition coefficient (Wildman–Crippen LogP) is 4.93. The van der Waals surface area contributed by atoms with Crippen LogP contribution in [0.2, 0.25) is 5.02 Å². The lowest BCUT2D eigenvalue weighted by molar-refractivity contribution is 0.136. The van der Waals surface area contributed by atoms with E-state index < -0.39 is 6.23 Å². The summed E-state index contributed by atoms with van der Waals surface area (Å²) in [6.07, 6.45) is 3.75. The van der Waals surface area contributed by atoms with Gasteiger partial charge in [-0.05, 0) is 92.1 Å². The zero-order valence-electron chi connectivity index (χ0n) is 22.5. The Balaban J connectivity index is 1.83. The highest BCUT2D eigenvalue weighted by molar-refractivity contribution is 6.31. The molecule has 1 aromatic heterocycles. The lowest BCUT2D eigenvalue weighted by Crippen LogP contribution is -2.42. The number of nitrogens with zero attached hydrogens (tertiary/aromatic N) is 3. The fraction of sp³-hybridized carbons (Fsp3) is 0.607. The molecule has 1 aromatic carbocycles. The van der Waals surface area contributed by atoms with Gasteiger partial charge in [-0.15, -0.1) is 0 Å². The van der Waals surface area contributed by atoms with E-state index in [0.29, 0.717) is 29.2 Å². The second-order valence-electron chi connectivity index (χ2n) is 10.1. The summed E-state index contributed by atoms with van der Waals surface area (Å²) in [6, 6.07) is 6.65. The number of aliphatic hydroxyl groups excluding tert-OH is 1. The van der Waals surface area contributed by atoms with Crippen molar-refractivity contribution in [1.82, 2.24) is 14.8 Å². The number of aromatic nitrogens is 1. The van der Waals surface area contributed by atoms with Gasteiger partial charge in [-0.2, -0.15) is 0 Å². The summed E-state index contributed by atoms with van der Waals surface area (Å²) < 4.78 is 2.12. The minimum atomic E-state index is -0.925. The summed E-state index contributed by atoms with van der Waals surface area (Å²) in [4.78, 5) is 17.4. The first-order valence-electron chi connectivity index (χ1n) is 12.9. The van der Waals surface area contributed by atoms with Gasteiger partial charge in [0, 0.05) is 71.0 Å². The maximum Gasteiger partial charge on any atom is 0.186 e. The number of pyridine rings is 1. The molecule has 6 nitrogen and oxygen atoms in total. The van der Waals surface area contributed by atoms with Crippen LogP contribution in [0.1, 0.15) is 73.8 Å². The molecule has 7 heteroatoms. The highest BCUT2D eigenvalue weighted by atomic mass is 35.5. The number of halogens is 1. The van der Waals surface area contributed by atoms with E-state index in [1.807, 2.05) is 26.0 Å². The fourth-order valence-corrected chi connectivity index (χ4v) is 5.97. The molecule has 3 rings (SSSR count). The first-order valence-corrected chi connectivity index (χ1v) is 13.3. The molecular weight excluding hydrogens is 460 g/mol. The monoisotopic (exact) mass is 502 g/mol. The minimum Gasteiger partial charge on any atom is -0.374 e. The van der Waals surface area contributed by atoms with Crippen molar-refractivity contribution >= 4 is 17.3 Å². The first kappa shape index (κ1) is 27.7. The minimum absolute atomic E-state index is 0.00149. The topological polar surface area (TPSA) is 60.7 Å². The summed E-state index contributed by atoms with van der Waals surface area (Å²) in [6.45, 7) is 12.2. The van der Waals surface area contributed by atoms with Crippen molar-refractivity contribution in [3.05, 3.63) is 61.5 Å². The third kappa shape index (κ3) is 6.11. The second-order valence-corrected chi connectivity index (χ2v) is 10.5. The van der Waals surface area contributed by atoms with E-state index in [4.69, 9.17) is 11.6 Å². The molecule has 1 saturated carbocycles. The van der Waals surface area contributed by atoms with Crippen LogP contribution in [0.3, 0.4) is 0 Å². The Morgan fingerprint density at radius 1 is 1.09 bits per heavy atom. The van der Waals surface area contributed by atoms with Crippen molar-refractivity contribution in [2.24, 2.45) is 0 Å². The molecule has 0 spiro atoms. The van der Waals surface area contributed by atoms with Crippen molar-refractivity contribution in [3.63, 3.8) is 0 Å². The molecule has 1 aliphatic carbocycles. The summed E-state index contributed by atoms with van der Waals surface area (Å²) >= 11 is 6.57. The maximum absolute atomic E-state index is 12.7. The summed E-state index contributed by atoms with van der Waals surface area (Å²) in [7, 11) is 4.33. The number of nitrogens with one attached hydrogen (secondary N) is 1. The van der Waals surface area contributed by atoms with Gasteiger partial charge in [0.1, 0.15) is 6.23 Å². The van der Waals surface area contributed by atoms with Gasteiger partial charge in [0.25, 0.3) is 0 Å². The normalized spacial score (nSPS) is 19.3. The van der Waals surface area contributed by atoms with Crippen LogP contribution in [0.15, 0.2) is 23.0 Å². The van der Waals surface area contributed by atoms with Crippen molar-refractivity contribution in [1.29, 1.82) is 0 Å². The number of anilines is 1. The summed E-state index contributed by atoms with van der Waals surface area (Å²) in [5.74, 6) is 0. The second kappa shape index (κ2) is 11.9. The van der Waals surface area contributed by atoms with E-state index in [1.54, 1.807) is 6.07 Å². The molecule has 1 fully saturated rings. The lowest BCUT2D eigenvalue weighted by Gasteiger charge is -2.40. The zero-order chi connectivity index (χ0) is 25.9. The average Bonchev–Trinajstić information content (AvgIpc) is 2.81. The number of hydrogen-bond acceptors (Lipinski definition) is 5. The summed E-state index contributed by atoms with van der Waals surface area (Å²) in [5.41, 5.74) is 5.44. The van der Waals surface area contributed by atoms with Gasteiger partial charge in [0.2, 0.25) is 0 Å². The molecule has 0 amide bonds. The molecule has 1 unspecified atom stereocenters. The smallest absolute Gasteiger partial charge is 0.186 e. The number of hydrogen-bond donors (Lipinski definition) is 2. The Kier molecular flexibility index (Phi) is 9.44. The van der Waals surface area contributed by atoms with Gasteiger partial charge in [-0.1, -0.05) is 11.6 Å². The quantitative estimate of drug-likeness (QED) is 0.476. The number of rotatable bonds is 9. The van der Waals surface area contributed by atoms with Gasteiger partial charge in [-0.25, -0.2) is 0 Å². The van der Waals surface area contributed by atoms with E-state index in [1.165, 1.54) is 12.8 Å². The predicted molar refractivity (Wildman–Crippen MR) is 147 cm³/mol. The molecule has 2 N–H and O–H groups in total. The highest BCUT2D eigenvalue weighted by Gasteiger charge is 2.28. The maximum atomic E-state index is 12.7. The standard InChI is InChI=1S/C28H43ClN4O2/c1-8-32-18(3)14-27(34)25(20(32)5)17-30-28(35)24-15-21(29)16-26(19(24)4)33(9-2)23-12-10-22(11-13-23)31(6)7/h14-16,22-23,28,30,35H,8-13,17H2,1-7H3. The van der Waals surface area contributed by atoms with Crippen molar-refractivity contribution in [2.45, 2.75) is 91.7 Å². The number of aryl methyl sites for hydroxylation is 1. The van der Waals surface area contributed by atoms with Crippen LogP contribution in [0.4, 0.5) is 5.69 Å². The third-order valence-corrected chi connectivity index (χ3v) is 8.08. The molecule has 194 valence electrons. The fourth-order valence-electron chi connectivity index (χ4n) is 5.75. The highest BCUT2D eigenvalue weighted by Crippen LogP contribution is 2.35. The molecular formula is C28H43ClN4O2. The van der Waals surface area contributed by atoms with E-state index >= 15 is 0 Å². The van der Waals surface area contributed by atoms with E-state index in [2.05, 4.69) is 54.6 Å². The van der Waals surface area contributed by atoms with Gasteiger partial charge in [0.05, 0.1) is 0 Å². The van der Waals surface area contributed by atoms with Gasteiger partial charge >= 0.3 is 0 Å². The Morgan fingerprint density at radius 3 is 2.29 bits per heavy atom. The zero-order valence-corrected chi connectivity index (χ0v) is 23.2. The van der Waals surface area contributed by atoms with Crippen LogP contribution < -0.4 is 15.6 Å². The SMILES string of the molecule is CCN(c1cc(Cl)cc(C(O)NCc2c(C)n(CC)c(C)cc2=O)c1C)C1CCC(N(C)C)CC1. The first-order chi connectivity index (χ1) is 16.6. The van der Waals surface area contributed by atoms with Crippen LogP contribution >= 0.6 is 11.6 Å². The van der Waals surface area contributed by atoms with Crippen molar-refractivity contribution in [2.75, 3.05) is 25.5 Å². The third-order valence-electron chi connectivity index (χ3n) is 7.86. The van der Waals surface area contributed by atoms with E-state index in [-0.39, 0.29) is 5.43 Å². The molecule has 2 aromatic rings. The molecule has 1 heterocycles. The molecule has 35 heavy (non-hydrogen) atoms. The summed E-state index contributed by atoms with van der Waals surface area (Å²) in [5, 5.41) is 14.9. The van der Waals surface area contributed by atoms with Gasteiger partial charge < -0.3 is 19.5 Å². The molecule has 0 aliphatic heterocycles. The Labute approximate surface area is 215 Å². The van der Waals surface area contributed by atoms with Gasteiger partial charge in [-0.3, -0.25) is 10.1 Å². The van der Waals surface area contributed by atoms with Crippen molar-refractivity contribution in [3.8, 4) is 0 Å². The van der Waals surface area contributed by atoms with Crippen LogP contribution in [-0.4, -0.2) is 47.3 Å². The van der Waals surface area contributed by atoms with Crippen molar-refractivity contribution < 1.29 is 5.11 Å². The molecule has 0 bridgehead atoms. The molecule has 1 aliphatic rings. The molecule has 1 atom stereocenters. The average molecular weight is 503 g/mol. The Bertz CT molecular complexity index is 1070. The number of aliphatic hydroxyl groups is 1. The van der Waals surface area contributed by atoms with Gasteiger partial charge in [0.15, 0.2) is 5.43 Å². The lowest BCUT2D eigenvalue weighted by atomic mass is 9.88. The Morgan fingerprint density at radius 2 is 1.71 bits per heavy atom. The van der Waals surface area contributed by atoms with Crippen LogP contribution in [0.5, 0.6) is 0 Å². The van der Waals surface area contributed by atoms with E-state index in [0.717, 1.165) is 54.1 Å². The van der Waals surface area contributed by atoms with E-state index in [9.17, 15) is 9.90 Å². The Hall–Kier alpha value is -1.86.